The average Bonchev–Trinajstić information content (AvgIpc) is 2.35. The van der Waals surface area contributed by atoms with E-state index >= 15 is 0 Å². The molecule has 0 radical (unpaired) electrons. The Bertz CT molecular complexity index is 392. The van der Waals surface area contributed by atoms with Crippen LogP contribution in [0, 0.1) is 0 Å². The lowest BCUT2D eigenvalue weighted by Crippen LogP contribution is -2.12. The number of hydrogen-bond acceptors (Lipinski definition) is 5. The van der Waals surface area contributed by atoms with Crippen molar-refractivity contribution < 1.29 is 4.74 Å². The smallest absolute Gasteiger partial charge is 0.241 e. The molecule has 1 aliphatic rings. The van der Waals surface area contributed by atoms with Gasteiger partial charge >= 0.3 is 0 Å². The van der Waals surface area contributed by atoms with Crippen molar-refractivity contribution in [1.82, 2.24) is 9.97 Å². The number of nitrogens with zero attached hydrogens (tertiary/aromatic N) is 2. The quantitative estimate of drug-likeness (QED) is 0.848. The fourth-order valence-electron chi connectivity index (χ4n) is 2.12. The third-order valence-corrected chi connectivity index (χ3v) is 4.34. The molecule has 0 aromatic carbocycles. The molecule has 1 aromatic heterocycles. The Morgan fingerprint density at radius 2 is 2.00 bits per heavy atom. The number of nitrogen functional groups attached to an aromatic ring is 1. The number of anilines is 1. The molecule has 4 nitrogen and oxygen atoms in total. The van der Waals surface area contributed by atoms with Crippen LogP contribution in [0.3, 0.4) is 0 Å². The predicted molar refractivity (Wildman–Crippen MR) is 74.9 cm³/mol. The normalized spacial score (nSPS) is 17.1. The van der Waals surface area contributed by atoms with Gasteiger partial charge in [0.25, 0.3) is 0 Å². The van der Waals surface area contributed by atoms with Crippen molar-refractivity contribution in [3.63, 3.8) is 0 Å². The molecule has 0 unspecified atom stereocenters. The van der Waals surface area contributed by atoms with Gasteiger partial charge in [0.1, 0.15) is 17.0 Å². The first-order valence-electron chi connectivity index (χ1n) is 6.60. The number of hydrogen-bond donors (Lipinski definition) is 1. The van der Waals surface area contributed by atoms with E-state index in [0.29, 0.717) is 16.8 Å². The second kappa shape index (κ2) is 6.27. The Morgan fingerprint density at radius 3 is 2.67 bits per heavy atom. The molecule has 1 aliphatic carbocycles. The van der Waals surface area contributed by atoms with E-state index in [2.05, 4.69) is 9.97 Å². The van der Waals surface area contributed by atoms with Gasteiger partial charge in [-0.15, -0.1) is 11.8 Å². The lowest BCUT2D eigenvalue weighted by molar-refractivity contribution is 0.233. The summed E-state index contributed by atoms with van der Waals surface area (Å²) in [5, 5.41) is 1.51. The molecule has 100 valence electrons. The maximum Gasteiger partial charge on any atom is 0.241 e. The maximum atomic E-state index is 6.08. The van der Waals surface area contributed by atoms with Crippen molar-refractivity contribution in [3.05, 3.63) is 6.33 Å². The van der Waals surface area contributed by atoms with E-state index in [4.69, 9.17) is 10.5 Å². The van der Waals surface area contributed by atoms with Gasteiger partial charge in [0, 0.05) is 5.25 Å². The molecule has 0 amide bonds. The van der Waals surface area contributed by atoms with Gasteiger partial charge in [0.15, 0.2) is 0 Å². The molecule has 0 spiro atoms. The number of thioether (sulfide) groups is 1. The van der Waals surface area contributed by atoms with Crippen LogP contribution in [0.15, 0.2) is 11.4 Å². The molecule has 1 saturated carbocycles. The molecule has 1 aromatic rings. The van der Waals surface area contributed by atoms with Crippen LogP contribution < -0.4 is 10.5 Å². The van der Waals surface area contributed by atoms with Crippen molar-refractivity contribution in [2.75, 3.05) is 5.73 Å². The van der Waals surface area contributed by atoms with Gasteiger partial charge in [0.05, 0.1) is 6.10 Å². The van der Waals surface area contributed by atoms with Crippen LogP contribution in [-0.2, 0) is 0 Å². The lowest BCUT2D eigenvalue weighted by Gasteiger charge is -2.21. The summed E-state index contributed by atoms with van der Waals surface area (Å²) in [5.74, 6) is 0.512. The highest BCUT2D eigenvalue weighted by atomic mass is 32.2. The Hall–Kier alpha value is -0.970. The number of ether oxygens (including phenoxy) is 1. The zero-order chi connectivity index (χ0) is 13.0. The molecule has 5 heteroatoms. The van der Waals surface area contributed by atoms with Crippen LogP contribution in [-0.4, -0.2) is 21.3 Å². The molecule has 2 rings (SSSR count). The highest BCUT2D eigenvalue weighted by molar-refractivity contribution is 8.00. The van der Waals surface area contributed by atoms with Gasteiger partial charge in [-0.05, 0) is 26.7 Å². The number of nitrogens with two attached hydrogens (primary N) is 1. The summed E-state index contributed by atoms with van der Waals surface area (Å²) in [6.45, 7) is 3.94. The second-order valence-electron chi connectivity index (χ2n) is 4.94. The zero-order valence-electron chi connectivity index (χ0n) is 11.1. The van der Waals surface area contributed by atoms with Crippen LogP contribution in [0.2, 0.25) is 0 Å². The van der Waals surface area contributed by atoms with Crippen molar-refractivity contribution in [1.29, 1.82) is 0 Å². The molecule has 18 heavy (non-hydrogen) atoms. The maximum absolute atomic E-state index is 6.08. The molecule has 0 bridgehead atoms. The van der Waals surface area contributed by atoms with Gasteiger partial charge in [-0.2, -0.15) is 4.98 Å². The SMILES string of the molecule is CC(C)Oc1ncnc(SC2CCCCC2)c1N. The van der Waals surface area contributed by atoms with Gasteiger partial charge in [0.2, 0.25) is 5.88 Å². The second-order valence-corrected chi connectivity index (χ2v) is 6.23. The topological polar surface area (TPSA) is 61.0 Å². The standard InChI is InChI=1S/C13H21N3OS/c1-9(2)17-12-11(14)13(16-8-15-12)18-10-6-4-3-5-7-10/h8-10H,3-7,14H2,1-2H3. The van der Waals surface area contributed by atoms with E-state index in [1.54, 1.807) is 18.1 Å². The van der Waals surface area contributed by atoms with Crippen LogP contribution in [0.25, 0.3) is 0 Å². The predicted octanol–water partition coefficient (Wildman–Crippen LogP) is 3.27. The van der Waals surface area contributed by atoms with Crippen molar-refractivity contribution in [3.8, 4) is 5.88 Å². The van der Waals surface area contributed by atoms with Crippen molar-refractivity contribution >= 4 is 17.4 Å². The van der Waals surface area contributed by atoms with E-state index < -0.39 is 0 Å². The molecule has 2 N–H and O–H groups in total. The van der Waals surface area contributed by atoms with Crippen LogP contribution in [0.1, 0.15) is 46.0 Å². The summed E-state index contributed by atoms with van der Waals surface area (Å²) in [6.07, 6.45) is 8.13. The van der Waals surface area contributed by atoms with Gasteiger partial charge in [-0.1, -0.05) is 19.3 Å². The summed E-state index contributed by atoms with van der Waals surface area (Å²) in [6, 6.07) is 0. The summed E-state index contributed by atoms with van der Waals surface area (Å²) in [7, 11) is 0. The monoisotopic (exact) mass is 267 g/mol. The minimum atomic E-state index is 0.0785. The summed E-state index contributed by atoms with van der Waals surface area (Å²) < 4.78 is 5.59. The Morgan fingerprint density at radius 1 is 1.28 bits per heavy atom. The lowest BCUT2D eigenvalue weighted by atomic mass is 10.0. The van der Waals surface area contributed by atoms with E-state index in [1.165, 1.54) is 32.1 Å². The van der Waals surface area contributed by atoms with Crippen molar-refractivity contribution in [2.24, 2.45) is 0 Å². The zero-order valence-corrected chi connectivity index (χ0v) is 11.9. The first-order valence-corrected chi connectivity index (χ1v) is 7.48. The van der Waals surface area contributed by atoms with E-state index in [1.807, 2.05) is 13.8 Å². The first-order chi connectivity index (χ1) is 8.66. The molecule has 1 heterocycles. The summed E-state index contributed by atoms with van der Waals surface area (Å²) in [4.78, 5) is 8.39. The minimum absolute atomic E-state index is 0.0785. The number of rotatable bonds is 4. The van der Waals surface area contributed by atoms with Crippen LogP contribution in [0.5, 0.6) is 5.88 Å². The molecule has 0 atom stereocenters. The Labute approximate surface area is 113 Å². The third-order valence-electron chi connectivity index (χ3n) is 2.99. The first kappa shape index (κ1) is 13.5. The van der Waals surface area contributed by atoms with Gasteiger partial charge in [-0.25, -0.2) is 4.98 Å². The van der Waals surface area contributed by atoms with Crippen molar-refractivity contribution in [2.45, 2.75) is 62.3 Å². The third kappa shape index (κ3) is 3.51. The highest BCUT2D eigenvalue weighted by Gasteiger charge is 2.18. The Kier molecular flexibility index (Phi) is 4.69. The Balaban J connectivity index is 2.07. The molecular formula is C13H21N3OS. The summed E-state index contributed by atoms with van der Waals surface area (Å²) >= 11 is 1.78. The van der Waals surface area contributed by atoms with E-state index in [0.717, 1.165) is 5.03 Å². The fourth-order valence-corrected chi connectivity index (χ4v) is 3.32. The minimum Gasteiger partial charge on any atom is -0.473 e. The van der Waals surface area contributed by atoms with E-state index in [-0.39, 0.29) is 6.10 Å². The summed E-state index contributed by atoms with van der Waals surface area (Å²) in [5.41, 5.74) is 6.66. The average molecular weight is 267 g/mol. The van der Waals surface area contributed by atoms with Gasteiger partial charge in [-0.3, -0.25) is 0 Å². The van der Waals surface area contributed by atoms with Gasteiger partial charge < -0.3 is 10.5 Å². The number of aromatic nitrogens is 2. The van der Waals surface area contributed by atoms with Crippen LogP contribution in [0.4, 0.5) is 5.69 Å². The van der Waals surface area contributed by atoms with Crippen LogP contribution >= 0.6 is 11.8 Å². The fraction of sp³-hybridized carbons (Fsp3) is 0.692. The highest BCUT2D eigenvalue weighted by Crippen LogP contribution is 2.37. The molecule has 0 saturated heterocycles. The largest absolute Gasteiger partial charge is 0.473 e. The molecular weight excluding hydrogens is 246 g/mol. The molecule has 1 fully saturated rings. The molecule has 0 aliphatic heterocycles. The van der Waals surface area contributed by atoms with E-state index in [9.17, 15) is 0 Å².